The first-order valence-electron chi connectivity index (χ1n) is 4.58. The van der Waals surface area contributed by atoms with Gasteiger partial charge in [0.15, 0.2) is 0 Å². The molecule has 7 heteroatoms. The highest BCUT2D eigenvalue weighted by Gasteiger charge is 2.55. The molecule has 2 atom stereocenters. The second kappa shape index (κ2) is 4.38. The zero-order chi connectivity index (χ0) is 11.6. The Hall–Kier alpha value is -0.790. The van der Waals surface area contributed by atoms with E-state index in [0.717, 1.165) is 0 Å². The summed E-state index contributed by atoms with van der Waals surface area (Å²) in [5, 5.41) is 10.8. The second-order valence-electron chi connectivity index (χ2n) is 3.42. The minimum Gasteiger partial charge on any atom is -0.466 e. The number of nitrogens with zero attached hydrogens (tertiary/aromatic N) is 1. The molecule has 1 aliphatic rings. The fraction of sp³-hybridized carbons (Fsp3) is 0.875. The molecular formula is C8H14F2N2O3. The van der Waals surface area contributed by atoms with Gasteiger partial charge in [-0.15, -0.1) is 0 Å². The van der Waals surface area contributed by atoms with E-state index < -0.39 is 24.0 Å². The van der Waals surface area contributed by atoms with Crippen LogP contribution in [0.15, 0.2) is 0 Å². The molecule has 0 spiro atoms. The lowest BCUT2D eigenvalue weighted by molar-refractivity contribution is -0.175. The molecule has 88 valence electrons. The number of hydrogen-bond acceptors (Lipinski definition) is 5. The fourth-order valence-corrected chi connectivity index (χ4v) is 1.54. The van der Waals surface area contributed by atoms with Gasteiger partial charge in [-0.25, -0.2) is 19.2 Å². The topological polar surface area (TPSA) is 61.8 Å². The van der Waals surface area contributed by atoms with Crippen molar-refractivity contribution in [3.8, 4) is 0 Å². The van der Waals surface area contributed by atoms with E-state index in [4.69, 9.17) is 0 Å². The standard InChI is InChI=1S/C8H14F2N2O3/c1-3-15-6(13)5-4-12(2)11-8(5,14)7(9)10/h5,7,11,14H,3-4H2,1-2H3. The van der Waals surface area contributed by atoms with E-state index in [1.165, 1.54) is 12.1 Å². The van der Waals surface area contributed by atoms with Gasteiger partial charge in [0.05, 0.1) is 6.61 Å². The van der Waals surface area contributed by atoms with Gasteiger partial charge in [0.1, 0.15) is 5.92 Å². The van der Waals surface area contributed by atoms with Gasteiger partial charge in [-0.2, -0.15) is 0 Å². The van der Waals surface area contributed by atoms with Crippen molar-refractivity contribution in [2.45, 2.75) is 19.1 Å². The number of rotatable bonds is 3. The van der Waals surface area contributed by atoms with Crippen molar-refractivity contribution in [2.24, 2.45) is 5.92 Å². The van der Waals surface area contributed by atoms with Crippen molar-refractivity contribution in [1.29, 1.82) is 0 Å². The largest absolute Gasteiger partial charge is 0.466 e. The van der Waals surface area contributed by atoms with Crippen LogP contribution >= 0.6 is 0 Å². The van der Waals surface area contributed by atoms with E-state index in [0.29, 0.717) is 0 Å². The van der Waals surface area contributed by atoms with Crippen molar-refractivity contribution < 1.29 is 23.4 Å². The van der Waals surface area contributed by atoms with Crippen molar-refractivity contribution in [1.82, 2.24) is 10.4 Å². The van der Waals surface area contributed by atoms with E-state index in [9.17, 15) is 18.7 Å². The predicted octanol–water partition coefficient (Wildman–Crippen LogP) is -0.431. The number of halogens is 2. The molecular weight excluding hydrogens is 210 g/mol. The van der Waals surface area contributed by atoms with E-state index in [1.54, 1.807) is 6.92 Å². The molecule has 1 heterocycles. The molecule has 0 aromatic heterocycles. The predicted molar refractivity (Wildman–Crippen MR) is 46.8 cm³/mol. The van der Waals surface area contributed by atoms with E-state index in [2.05, 4.69) is 10.2 Å². The molecule has 0 amide bonds. The van der Waals surface area contributed by atoms with Gasteiger partial charge in [-0.3, -0.25) is 4.79 Å². The highest BCUT2D eigenvalue weighted by Crippen LogP contribution is 2.29. The maximum absolute atomic E-state index is 12.6. The van der Waals surface area contributed by atoms with Crippen LogP contribution in [0.3, 0.4) is 0 Å². The summed E-state index contributed by atoms with van der Waals surface area (Å²) in [6.07, 6.45) is -3.06. The minimum absolute atomic E-state index is 0.0142. The van der Waals surface area contributed by atoms with Crippen LogP contribution in [0, 0.1) is 5.92 Å². The van der Waals surface area contributed by atoms with Crippen molar-refractivity contribution in [3.63, 3.8) is 0 Å². The van der Waals surface area contributed by atoms with Gasteiger partial charge >= 0.3 is 5.97 Å². The quantitative estimate of drug-likeness (QED) is 0.637. The minimum atomic E-state index is -3.06. The number of hydrogen-bond donors (Lipinski definition) is 2. The molecule has 1 fully saturated rings. The molecule has 1 rings (SSSR count). The summed E-state index contributed by atoms with van der Waals surface area (Å²) in [7, 11) is 1.46. The summed E-state index contributed by atoms with van der Waals surface area (Å²) in [5.74, 6) is -2.10. The third-order valence-corrected chi connectivity index (χ3v) is 2.26. The van der Waals surface area contributed by atoms with Gasteiger partial charge in [-0.1, -0.05) is 0 Å². The number of carbonyl (C=O) groups excluding carboxylic acids is 1. The summed E-state index contributed by atoms with van der Waals surface area (Å²) >= 11 is 0. The average Bonchev–Trinajstić information content (AvgIpc) is 2.43. The Morgan fingerprint density at radius 2 is 2.40 bits per heavy atom. The maximum atomic E-state index is 12.6. The molecule has 15 heavy (non-hydrogen) atoms. The van der Waals surface area contributed by atoms with Crippen LogP contribution in [0.1, 0.15) is 6.92 Å². The van der Waals surface area contributed by atoms with Crippen molar-refractivity contribution in [2.75, 3.05) is 20.2 Å². The first-order valence-corrected chi connectivity index (χ1v) is 4.58. The van der Waals surface area contributed by atoms with Gasteiger partial charge in [0.2, 0.25) is 5.72 Å². The molecule has 0 aliphatic carbocycles. The summed E-state index contributed by atoms with van der Waals surface area (Å²) in [5.41, 5.74) is -0.370. The van der Waals surface area contributed by atoms with Gasteiger partial charge < -0.3 is 9.84 Å². The summed E-state index contributed by atoms with van der Waals surface area (Å²) < 4.78 is 29.8. The Bertz CT molecular complexity index is 252. The molecule has 0 saturated carbocycles. The highest BCUT2D eigenvalue weighted by molar-refractivity contribution is 5.74. The van der Waals surface area contributed by atoms with Crippen molar-refractivity contribution in [3.05, 3.63) is 0 Å². The fourth-order valence-electron chi connectivity index (χ4n) is 1.54. The molecule has 0 aromatic carbocycles. The monoisotopic (exact) mass is 224 g/mol. The number of ether oxygens (including phenoxy) is 1. The molecule has 5 nitrogen and oxygen atoms in total. The van der Waals surface area contributed by atoms with Gasteiger partial charge in [0, 0.05) is 13.6 Å². The molecule has 2 N–H and O–H groups in total. The molecule has 0 radical (unpaired) electrons. The lowest BCUT2D eigenvalue weighted by Gasteiger charge is -2.26. The third-order valence-electron chi connectivity index (χ3n) is 2.26. The normalized spacial score (nSPS) is 32.3. The molecule has 0 aromatic rings. The first kappa shape index (κ1) is 12.3. The lowest BCUT2D eigenvalue weighted by Crippen LogP contribution is -2.55. The third kappa shape index (κ3) is 2.24. The van der Waals surface area contributed by atoms with Crippen LogP contribution in [-0.4, -0.2) is 48.4 Å². The number of nitrogens with one attached hydrogen (secondary N) is 1. The Labute approximate surface area is 86.0 Å². The van der Waals surface area contributed by atoms with Crippen LogP contribution in [0.25, 0.3) is 0 Å². The lowest BCUT2D eigenvalue weighted by atomic mass is 9.98. The Kier molecular flexibility index (Phi) is 3.58. The van der Waals surface area contributed by atoms with E-state index >= 15 is 0 Å². The molecule has 1 saturated heterocycles. The zero-order valence-corrected chi connectivity index (χ0v) is 8.54. The number of aliphatic hydroxyl groups is 1. The first-order chi connectivity index (χ1) is 6.91. The van der Waals surface area contributed by atoms with Crippen LogP contribution in [0.4, 0.5) is 8.78 Å². The van der Waals surface area contributed by atoms with Crippen LogP contribution in [0.2, 0.25) is 0 Å². The summed E-state index contributed by atoms with van der Waals surface area (Å²) in [6.45, 7) is 1.66. The SMILES string of the molecule is CCOC(=O)C1CN(C)NC1(O)C(F)F. The highest BCUT2D eigenvalue weighted by atomic mass is 19.3. The Morgan fingerprint density at radius 3 is 2.87 bits per heavy atom. The summed E-state index contributed by atoms with van der Waals surface area (Å²) in [4.78, 5) is 11.3. The Balaban J connectivity index is 2.81. The zero-order valence-electron chi connectivity index (χ0n) is 8.54. The molecule has 2 unspecified atom stereocenters. The summed E-state index contributed by atoms with van der Waals surface area (Å²) in [6, 6.07) is 0. The number of alkyl halides is 2. The van der Waals surface area contributed by atoms with Crippen LogP contribution in [0.5, 0.6) is 0 Å². The van der Waals surface area contributed by atoms with Crippen LogP contribution < -0.4 is 5.43 Å². The molecule has 1 aliphatic heterocycles. The number of hydrazine groups is 1. The maximum Gasteiger partial charge on any atom is 0.314 e. The molecule has 0 bridgehead atoms. The number of carbonyl (C=O) groups is 1. The smallest absolute Gasteiger partial charge is 0.314 e. The van der Waals surface area contributed by atoms with Crippen LogP contribution in [-0.2, 0) is 9.53 Å². The van der Waals surface area contributed by atoms with Gasteiger partial charge in [-0.05, 0) is 6.92 Å². The van der Waals surface area contributed by atoms with E-state index in [-0.39, 0.29) is 13.2 Å². The van der Waals surface area contributed by atoms with Crippen molar-refractivity contribution >= 4 is 5.97 Å². The van der Waals surface area contributed by atoms with Gasteiger partial charge in [0.25, 0.3) is 6.43 Å². The van der Waals surface area contributed by atoms with E-state index in [1.807, 2.05) is 0 Å². The second-order valence-corrected chi connectivity index (χ2v) is 3.42. The Morgan fingerprint density at radius 1 is 1.80 bits per heavy atom. The average molecular weight is 224 g/mol. The number of esters is 1.